The van der Waals surface area contributed by atoms with Crippen molar-refractivity contribution in [1.82, 2.24) is 0 Å². The molecule has 4 rings (SSSR count). The van der Waals surface area contributed by atoms with Crippen LogP contribution < -0.4 is 20.7 Å². The van der Waals surface area contributed by atoms with Crippen LogP contribution in [0.15, 0.2) is 104 Å². The molecule has 0 radical (unpaired) electrons. The van der Waals surface area contributed by atoms with E-state index >= 15 is 0 Å². The zero-order chi connectivity index (χ0) is 67.7. The van der Waals surface area contributed by atoms with Gasteiger partial charge in [-0.05, 0) is 250 Å². The number of aryl methyl sites for hydroxylation is 3. The minimum Gasteiger partial charge on any atom is -0.416 e. The molecule has 0 fully saturated rings. The van der Waals surface area contributed by atoms with E-state index in [0.717, 1.165) is 63.7 Å². The highest BCUT2D eigenvalue weighted by Gasteiger charge is 2.56. The summed E-state index contributed by atoms with van der Waals surface area (Å²) in [6.07, 6.45) is 4.43. The zero-order valence-corrected chi connectivity index (χ0v) is 77.6. The topological polar surface area (TPSA) is 111 Å². The van der Waals surface area contributed by atoms with Crippen LogP contribution in [0.5, 0.6) is 0 Å². The Kier molecular flexibility index (Phi) is 29.4. The molecule has 28 heteroatoms. The van der Waals surface area contributed by atoms with Gasteiger partial charge < -0.3 is 49.4 Å². The molecule has 0 atom stereocenters. The van der Waals surface area contributed by atoms with Gasteiger partial charge in [0.2, 0.25) is 0 Å². The summed E-state index contributed by atoms with van der Waals surface area (Å²) in [6.45, 7) is 69.6. The highest BCUT2D eigenvalue weighted by molar-refractivity contribution is 6.98. The van der Waals surface area contributed by atoms with Crippen LogP contribution in [0.1, 0.15) is 22.3 Å². The summed E-state index contributed by atoms with van der Waals surface area (Å²) in [5, 5.41) is 4.18. The number of rotatable bonds is 38. The van der Waals surface area contributed by atoms with E-state index in [1.165, 1.54) is 16.7 Å². The van der Waals surface area contributed by atoms with Crippen molar-refractivity contribution in [3.05, 3.63) is 126 Å². The highest BCUT2D eigenvalue weighted by atomic mass is 28.5. The Labute approximate surface area is 562 Å². The molecule has 0 saturated heterocycles. The molecular weight excluding hydrogens is 1370 g/mol. The van der Waals surface area contributed by atoms with Crippen LogP contribution in [0.3, 0.4) is 0 Å². The van der Waals surface area contributed by atoms with Crippen LogP contribution in [-0.2, 0) is 68.6 Å². The zero-order valence-electron chi connectivity index (χ0n) is 61.0. The van der Waals surface area contributed by atoms with E-state index in [-0.39, 0.29) is 0 Å². The maximum absolute atomic E-state index is 8.02. The van der Waals surface area contributed by atoms with Gasteiger partial charge >= 0.3 is 35.2 Å². The molecule has 4 aromatic rings. The Balaban J connectivity index is 1.83. The lowest BCUT2D eigenvalue weighted by Crippen LogP contribution is -2.68. The fraction of sp³-hybridized carbons (Fsp3) is 0.574. The highest BCUT2D eigenvalue weighted by Crippen LogP contribution is 2.34. The van der Waals surface area contributed by atoms with Gasteiger partial charge in [-0.15, -0.1) is 0 Å². The predicted octanol–water partition coefficient (Wildman–Crippen LogP) is 14.6. The van der Waals surface area contributed by atoms with Crippen LogP contribution in [0.25, 0.3) is 6.08 Å². The molecule has 0 amide bonds. The van der Waals surface area contributed by atoms with Crippen LogP contribution in [0.4, 0.5) is 0 Å². The van der Waals surface area contributed by atoms with Crippen molar-refractivity contribution in [2.24, 2.45) is 0 Å². The van der Waals surface area contributed by atoms with Crippen LogP contribution >= 0.6 is 0 Å². The van der Waals surface area contributed by atoms with E-state index in [4.69, 9.17) is 49.4 Å². The third-order valence-electron chi connectivity index (χ3n) is 13.5. The summed E-state index contributed by atoms with van der Waals surface area (Å²) in [4.78, 5) is 0. The Morgan fingerprint density at radius 2 is 0.472 bits per heavy atom. The van der Waals surface area contributed by atoms with E-state index in [1.54, 1.807) is 0 Å². The van der Waals surface area contributed by atoms with Crippen LogP contribution in [0, 0.1) is 0 Å². The molecule has 0 aliphatic carbocycles. The first kappa shape index (κ1) is 81.0. The van der Waals surface area contributed by atoms with Crippen molar-refractivity contribution in [1.29, 1.82) is 0 Å². The van der Waals surface area contributed by atoms with Gasteiger partial charge in [-0.2, -0.15) is 0 Å². The minimum atomic E-state index is -3.75. The molecule has 89 heavy (non-hydrogen) atoms. The summed E-state index contributed by atoms with van der Waals surface area (Å²) in [7, 11) is -37.7. The summed E-state index contributed by atoms with van der Waals surface area (Å²) >= 11 is 0. The van der Waals surface area contributed by atoms with Gasteiger partial charge in [0.15, 0.2) is 103 Å². The lowest BCUT2D eigenvalue weighted by molar-refractivity contribution is 0.266. The van der Waals surface area contributed by atoms with E-state index in [2.05, 4.69) is 294 Å². The Hall–Kier alpha value is -0.390. The van der Waals surface area contributed by atoms with Crippen molar-refractivity contribution in [3.63, 3.8) is 0 Å². The summed E-state index contributed by atoms with van der Waals surface area (Å²) in [5.74, 6) is 0. The van der Waals surface area contributed by atoms with Crippen molar-refractivity contribution >= 4 is 165 Å². The second-order valence-electron chi connectivity index (χ2n) is 32.0. The molecule has 0 aliphatic heterocycles. The molecule has 0 N–H and O–H groups in total. The number of hydrogen-bond acceptors (Lipinski definition) is 12. The van der Waals surface area contributed by atoms with Gasteiger partial charge in [0.1, 0.15) is 0 Å². The number of benzene rings is 4. The maximum atomic E-state index is 8.02. The van der Waals surface area contributed by atoms with Crippen molar-refractivity contribution < 1.29 is 49.4 Å². The molecule has 0 aromatic heterocycles. The van der Waals surface area contributed by atoms with Gasteiger partial charge in [0.25, 0.3) is 0 Å². The predicted molar refractivity (Wildman–Crippen MR) is 421 cm³/mol. The van der Waals surface area contributed by atoms with Gasteiger partial charge in [-0.3, -0.25) is 0 Å². The summed E-state index contributed by atoms with van der Waals surface area (Å²) in [5.41, 5.74) is 4.78. The Morgan fingerprint density at radius 3 is 0.674 bits per heavy atom. The standard InChI is InChI=1S/C61H122O12Si16/c1-31-54-32-40-61(41-33-54)89(71-83(25,26)51-48-55-34-42-58(43-35-55)86(62-74(2)3,63-75(4)5)66-78(10,11)12,72-84(27,28)52-49-56-36-44-59(45-37-56)87(64-76(6)7,65-77(8)9)67-79(13,14)15)73-85(29,30)53-50-57-38-46-60(47-39-57)88(68-80(16,17)18,69-81(19,20)21)70-82(22,23)24/h31-47,74-77H,1,48-53H2,2-30H3. The monoisotopic (exact) mass is 1490 g/mol. The van der Waals surface area contributed by atoms with Gasteiger partial charge in [-0.1, -0.05) is 110 Å². The lowest BCUT2D eigenvalue weighted by atomic mass is 10.2. The maximum Gasteiger partial charge on any atom is 0.505 e. The molecule has 0 spiro atoms. The molecule has 4 aromatic carbocycles. The second-order valence-corrected chi connectivity index (χ2v) is 90.6. The quantitative estimate of drug-likeness (QED) is 0.0399. The van der Waals surface area contributed by atoms with Gasteiger partial charge in [-0.25, -0.2) is 0 Å². The van der Waals surface area contributed by atoms with Gasteiger partial charge in [0.05, 0.1) is 0 Å². The minimum absolute atomic E-state index is 0.837. The van der Waals surface area contributed by atoms with E-state index in [0.29, 0.717) is 0 Å². The lowest BCUT2D eigenvalue weighted by Gasteiger charge is -2.45. The smallest absolute Gasteiger partial charge is 0.416 e. The summed E-state index contributed by atoms with van der Waals surface area (Å²) < 4.78 is 87.2. The fourth-order valence-corrected chi connectivity index (χ4v) is 64.4. The molecule has 0 aliphatic rings. The normalized spacial score (nSPS) is 14.3. The largest absolute Gasteiger partial charge is 0.505 e. The Bertz CT molecular complexity index is 2640. The molecule has 0 bridgehead atoms. The van der Waals surface area contributed by atoms with E-state index in [1.807, 2.05) is 6.08 Å². The Morgan fingerprint density at radius 1 is 0.281 bits per heavy atom. The van der Waals surface area contributed by atoms with E-state index < -0.39 is 138 Å². The number of hydrogen-bond donors (Lipinski definition) is 0. The van der Waals surface area contributed by atoms with Gasteiger partial charge in [0, 0.05) is 20.7 Å². The molecule has 0 saturated carbocycles. The third-order valence-corrected chi connectivity index (χ3v) is 62.0. The first-order chi connectivity index (χ1) is 40.4. The van der Waals surface area contributed by atoms with Crippen molar-refractivity contribution in [2.75, 3.05) is 0 Å². The molecule has 0 heterocycles. The van der Waals surface area contributed by atoms with Crippen LogP contribution in [0.2, 0.25) is 208 Å². The molecular formula is C61H122O12Si16. The fourth-order valence-electron chi connectivity index (χ4n) is 10.3. The molecule has 0 unspecified atom stereocenters. The van der Waals surface area contributed by atoms with Crippen molar-refractivity contribution in [3.8, 4) is 0 Å². The summed E-state index contributed by atoms with van der Waals surface area (Å²) in [6, 6.07) is 38.3. The van der Waals surface area contributed by atoms with Crippen LogP contribution in [-0.4, -0.2) is 138 Å². The molecule has 12 nitrogen and oxygen atoms in total. The first-order valence-corrected chi connectivity index (χ1v) is 77.2. The third kappa shape index (κ3) is 27.9. The average molecular weight is 1500 g/mol. The van der Waals surface area contributed by atoms with E-state index in [9.17, 15) is 0 Å². The second kappa shape index (κ2) is 32.3. The SMILES string of the molecule is C=Cc1ccc([Si](O[Si](C)(C)CCc2ccc([Si](O[SiH](C)C)(O[SiH](C)C)O[Si](C)(C)C)cc2)(O[Si](C)(C)CCc2ccc([Si](O[SiH](C)C)(O[SiH](C)C)O[Si](C)(C)C)cc2)O[Si](C)(C)CCc2ccc([Si](O[Si](C)(C)C)(O[Si](C)(C)C)O[Si](C)(C)C)cc2)cc1. The van der Waals surface area contributed by atoms with Crippen molar-refractivity contribution in [2.45, 2.75) is 227 Å². The molecule has 502 valence electrons. The average Bonchev–Trinajstić information content (AvgIpc) is 3.35. The first-order valence-electron chi connectivity index (χ1n) is 32.7.